The van der Waals surface area contributed by atoms with Gasteiger partial charge in [0, 0.05) is 25.4 Å². The normalized spacial score (nSPS) is 21.1. The molecule has 2 N–H and O–H groups in total. The molecule has 35 heavy (non-hydrogen) atoms. The fourth-order valence-electron chi connectivity index (χ4n) is 5.42. The maximum atomic E-state index is 13.9. The molecule has 0 bridgehead atoms. The number of likely N-dealkylation sites (N-methyl/N-ethyl adjacent to an activating group) is 1. The van der Waals surface area contributed by atoms with E-state index < -0.39 is 27.6 Å². The smallest absolute Gasteiger partial charge is 0.243 e. The lowest BCUT2D eigenvalue weighted by molar-refractivity contribution is -0.140. The van der Waals surface area contributed by atoms with Crippen molar-refractivity contribution in [2.24, 2.45) is 0 Å². The van der Waals surface area contributed by atoms with Crippen LogP contribution in [0.3, 0.4) is 0 Å². The summed E-state index contributed by atoms with van der Waals surface area (Å²) in [5.74, 6) is -0.0987. The first-order chi connectivity index (χ1) is 16.6. The molecular weight excluding hydrogens is 468 g/mol. The highest BCUT2D eigenvalue weighted by atomic mass is 32.2. The fraction of sp³-hybridized carbons (Fsp3) is 0.462. The summed E-state index contributed by atoms with van der Waals surface area (Å²) in [5, 5.41) is 19.9. The van der Waals surface area contributed by atoms with Crippen molar-refractivity contribution in [2.45, 2.75) is 68.0 Å². The van der Waals surface area contributed by atoms with Crippen LogP contribution in [0.1, 0.15) is 43.2 Å². The van der Waals surface area contributed by atoms with Crippen LogP contribution in [0.15, 0.2) is 53.4 Å². The molecule has 1 heterocycles. The topological polar surface area (TPSA) is 115 Å². The Kier molecular flexibility index (Phi) is 7.04. The van der Waals surface area contributed by atoms with Gasteiger partial charge in [-0.3, -0.25) is 9.59 Å². The number of ketones is 1. The van der Waals surface area contributed by atoms with Crippen molar-refractivity contribution in [1.29, 1.82) is 0 Å². The summed E-state index contributed by atoms with van der Waals surface area (Å²) in [6, 6.07) is 11.6. The predicted octanol–water partition coefficient (Wildman–Crippen LogP) is 2.41. The Hall–Kier alpha value is -2.75. The van der Waals surface area contributed by atoms with Gasteiger partial charge < -0.3 is 15.1 Å². The number of Topliss-reactive ketones (excluding diaryl/α,β-unsaturated/α-hetero) is 1. The molecule has 1 aliphatic carbocycles. The summed E-state index contributed by atoms with van der Waals surface area (Å²) in [6.45, 7) is 1.57. The second kappa shape index (κ2) is 9.72. The molecule has 0 unspecified atom stereocenters. The van der Waals surface area contributed by atoms with Crippen molar-refractivity contribution < 1.29 is 28.2 Å². The Morgan fingerprint density at radius 3 is 2.23 bits per heavy atom. The molecule has 9 heteroatoms. The third-order valence-corrected chi connectivity index (χ3v) is 9.35. The lowest BCUT2D eigenvalue weighted by atomic mass is 9.78. The van der Waals surface area contributed by atoms with Crippen molar-refractivity contribution >= 4 is 21.7 Å². The van der Waals surface area contributed by atoms with E-state index in [1.807, 2.05) is 6.92 Å². The number of aliphatic hydroxyl groups is 1. The summed E-state index contributed by atoms with van der Waals surface area (Å²) < 4.78 is 27.9. The SMILES string of the molecule is Cc1ccc(S(=O)(=O)N(C)[C@H]2CC3(CCC(=O)CC3)N([C@H](CO)Cc3ccc(O)cc3)C2=O)cc1. The molecule has 2 aromatic carbocycles. The Morgan fingerprint density at radius 2 is 1.66 bits per heavy atom. The third-order valence-electron chi connectivity index (χ3n) is 7.47. The van der Waals surface area contributed by atoms with E-state index in [1.165, 1.54) is 19.2 Å². The van der Waals surface area contributed by atoms with Gasteiger partial charge in [0.25, 0.3) is 0 Å². The highest BCUT2D eigenvalue weighted by Crippen LogP contribution is 2.45. The number of hydrogen-bond acceptors (Lipinski definition) is 6. The Morgan fingerprint density at radius 1 is 1.06 bits per heavy atom. The Balaban J connectivity index is 1.68. The number of likely N-dealkylation sites (tertiary alicyclic amines) is 1. The van der Waals surface area contributed by atoms with Gasteiger partial charge in [-0.05, 0) is 62.4 Å². The summed E-state index contributed by atoms with van der Waals surface area (Å²) in [7, 11) is -2.50. The van der Waals surface area contributed by atoms with E-state index in [0.717, 1.165) is 15.4 Å². The van der Waals surface area contributed by atoms with Gasteiger partial charge in [-0.2, -0.15) is 4.31 Å². The van der Waals surface area contributed by atoms with Gasteiger partial charge in [-0.1, -0.05) is 29.8 Å². The average Bonchev–Trinajstić information content (AvgIpc) is 3.12. The van der Waals surface area contributed by atoms with E-state index in [9.17, 15) is 28.2 Å². The van der Waals surface area contributed by atoms with E-state index in [1.54, 1.807) is 41.3 Å². The van der Waals surface area contributed by atoms with Crippen LogP contribution in [-0.4, -0.2) is 70.8 Å². The number of benzene rings is 2. The van der Waals surface area contributed by atoms with E-state index in [-0.39, 0.29) is 35.4 Å². The number of hydrogen-bond donors (Lipinski definition) is 2. The first-order valence-electron chi connectivity index (χ1n) is 11.9. The van der Waals surface area contributed by atoms with Crippen LogP contribution in [-0.2, 0) is 26.0 Å². The van der Waals surface area contributed by atoms with Crippen LogP contribution in [0.5, 0.6) is 5.75 Å². The van der Waals surface area contributed by atoms with Gasteiger partial charge in [0.05, 0.1) is 17.5 Å². The number of aliphatic hydroxyl groups excluding tert-OH is 1. The van der Waals surface area contributed by atoms with Gasteiger partial charge in [0.15, 0.2) is 0 Å². The summed E-state index contributed by atoms with van der Waals surface area (Å²) in [4.78, 5) is 27.7. The molecule has 1 saturated carbocycles. The Bertz CT molecular complexity index is 1180. The molecule has 0 radical (unpaired) electrons. The number of aromatic hydroxyl groups is 1. The number of aryl methyl sites for hydroxylation is 1. The molecule has 1 amide bonds. The highest BCUT2D eigenvalue weighted by Gasteiger charge is 2.56. The van der Waals surface area contributed by atoms with Gasteiger partial charge in [0.1, 0.15) is 17.6 Å². The monoisotopic (exact) mass is 500 g/mol. The molecular formula is C26H32N2O6S. The number of nitrogens with zero attached hydrogens (tertiary/aromatic N) is 2. The molecule has 1 spiro atoms. The highest BCUT2D eigenvalue weighted by molar-refractivity contribution is 7.89. The number of phenols is 1. The zero-order valence-electron chi connectivity index (χ0n) is 20.1. The molecule has 1 aliphatic heterocycles. The van der Waals surface area contributed by atoms with Crippen molar-refractivity contribution in [3.05, 3.63) is 59.7 Å². The van der Waals surface area contributed by atoms with Gasteiger partial charge in [0.2, 0.25) is 15.9 Å². The minimum absolute atomic E-state index is 0.118. The molecule has 2 aliphatic rings. The minimum atomic E-state index is -3.93. The molecule has 0 aromatic heterocycles. The quantitative estimate of drug-likeness (QED) is 0.603. The molecule has 1 saturated heterocycles. The van der Waals surface area contributed by atoms with Crippen LogP contribution >= 0.6 is 0 Å². The van der Waals surface area contributed by atoms with Crippen LogP contribution in [0.2, 0.25) is 0 Å². The van der Waals surface area contributed by atoms with Crippen molar-refractivity contribution in [3.63, 3.8) is 0 Å². The maximum absolute atomic E-state index is 13.9. The average molecular weight is 501 g/mol. The van der Waals surface area contributed by atoms with E-state index in [0.29, 0.717) is 32.1 Å². The van der Waals surface area contributed by atoms with Crippen molar-refractivity contribution in [2.75, 3.05) is 13.7 Å². The molecule has 4 rings (SSSR count). The second-order valence-electron chi connectivity index (χ2n) is 9.73. The zero-order valence-corrected chi connectivity index (χ0v) is 20.9. The molecule has 188 valence electrons. The first kappa shape index (κ1) is 25.3. The Labute approximate surface area is 206 Å². The van der Waals surface area contributed by atoms with Crippen molar-refractivity contribution in [3.8, 4) is 5.75 Å². The van der Waals surface area contributed by atoms with E-state index in [4.69, 9.17) is 0 Å². The van der Waals surface area contributed by atoms with Crippen LogP contribution in [0.4, 0.5) is 0 Å². The minimum Gasteiger partial charge on any atom is -0.508 e. The lowest BCUT2D eigenvalue weighted by Gasteiger charge is -2.44. The zero-order chi connectivity index (χ0) is 25.4. The number of rotatable bonds is 7. The maximum Gasteiger partial charge on any atom is 0.243 e. The van der Waals surface area contributed by atoms with Crippen molar-refractivity contribution in [1.82, 2.24) is 9.21 Å². The van der Waals surface area contributed by atoms with Crippen LogP contribution in [0, 0.1) is 6.92 Å². The summed E-state index contributed by atoms with van der Waals surface area (Å²) >= 11 is 0. The lowest BCUT2D eigenvalue weighted by Crippen LogP contribution is -2.55. The number of phenolic OH excluding ortho intramolecular Hbond substituents is 1. The van der Waals surface area contributed by atoms with E-state index >= 15 is 0 Å². The third kappa shape index (κ3) is 4.85. The summed E-state index contributed by atoms with van der Waals surface area (Å²) in [5.41, 5.74) is 1.07. The van der Waals surface area contributed by atoms with Crippen LogP contribution < -0.4 is 0 Å². The standard InChI is InChI=1S/C26H32N2O6S/c1-18-3-9-23(10-4-18)35(33,34)27(2)24-16-26(13-11-22(31)12-14-26)28(25(24)32)20(17-29)15-19-5-7-21(30)8-6-19/h3-10,20,24,29-30H,11-17H2,1-2H3/t20-,24-/m0/s1. The number of carbonyl (C=O) groups excluding carboxylic acids is 2. The first-order valence-corrected chi connectivity index (χ1v) is 13.3. The number of sulfonamides is 1. The van der Waals surface area contributed by atoms with Gasteiger partial charge in [-0.15, -0.1) is 0 Å². The second-order valence-corrected chi connectivity index (χ2v) is 11.7. The number of amides is 1. The largest absolute Gasteiger partial charge is 0.508 e. The molecule has 2 fully saturated rings. The van der Waals surface area contributed by atoms with Gasteiger partial charge >= 0.3 is 0 Å². The molecule has 2 atom stereocenters. The van der Waals surface area contributed by atoms with Crippen LogP contribution in [0.25, 0.3) is 0 Å². The summed E-state index contributed by atoms with van der Waals surface area (Å²) in [6.07, 6.45) is 2.15. The number of carbonyl (C=O) groups is 2. The molecule has 2 aromatic rings. The fourth-order valence-corrected chi connectivity index (χ4v) is 6.73. The van der Waals surface area contributed by atoms with Gasteiger partial charge in [-0.25, -0.2) is 8.42 Å². The predicted molar refractivity (Wildman–Crippen MR) is 130 cm³/mol. The van der Waals surface area contributed by atoms with E-state index in [2.05, 4.69) is 0 Å². The molecule has 8 nitrogen and oxygen atoms in total.